The van der Waals surface area contributed by atoms with Gasteiger partial charge in [0.05, 0.1) is 11.3 Å². The van der Waals surface area contributed by atoms with Crippen molar-refractivity contribution in [3.8, 4) is 0 Å². The largest absolute Gasteiger partial charge is 0.478 e. The van der Waals surface area contributed by atoms with E-state index < -0.39 is 5.97 Å². The summed E-state index contributed by atoms with van der Waals surface area (Å²) in [7, 11) is 0. The summed E-state index contributed by atoms with van der Waals surface area (Å²) in [6.07, 6.45) is 3.35. The molecule has 0 radical (unpaired) electrons. The summed E-state index contributed by atoms with van der Waals surface area (Å²) in [6.45, 7) is 5.87. The van der Waals surface area contributed by atoms with Crippen LogP contribution in [0.2, 0.25) is 0 Å². The fourth-order valence-corrected chi connectivity index (χ4v) is 1.55. The van der Waals surface area contributed by atoms with Gasteiger partial charge in [-0.1, -0.05) is 13.8 Å². The SMILES string of the molecule is CCC(CC)c1ncc(C(=O)O)c(C)n1. The van der Waals surface area contributed by atoms with Crippen molar-refractivity contribution in [1.82, 2.24) is 9.97 Å². The zero-order chi connectivity index (χ0) is 11.4. The molecule has 0 amide bonds. The van der Waals surface area contributed by atoms with Crippen molar-refractivity contribution in [2.75, 3.05) is 0 Å². The highest BCUT2D eigenvalue weighted by atomic mass is 16.4. The van der Waals surface area contributed by atoms with Crippen molar-refractivity contribution in [3.05, 3.63) is 23.3 Å². The number of hydrogen-bond donors (Lipinski definition) is 1. The van der Waals surface area contributed by atoms with Crippen molar-refractivity contribution >= 4 is 5.97 Å². The first-order chi connectivity index (χ1) is 7.10. The summed E-state index contributed by atoms with van der Waals surface area (Å²) < 4.78 is 0. The molecule has 1 aromatic rings. The van der Waals surface area contributed by atoms with Crippen molar-refractivity contribution < 1.29 is 9.90 Å². The smallest absolute Gasteiger partial charge is 0.339 e. The van der Waals surface area contributed by atoms with Crippen LogP contribution in [0.15, 0.2) is 6.20 Å². The lowest BCUT2D eigenvalue weighted by atomic mass is 10.0. The van der Waals surface area contributed by atoms with Crippen molar-refractivity contribution in [3.63, 3.8) is 0 Å². The first-order valence-electron chi connectivity index (χ1n) is 5.16. The van der Waals surface area contributed by atoms with Crippen LogP contribution in [0.25, 0.3) is 0 Å². The van der Waals surface area contributed by atoms with Gasteiger partial charge in [-0.3, -0.25) is 0 Å². The first-order valence-corrected chi connectivity index (χ1v) is 5.16. The van der Waals surface area contributed by atoms with Crippen LogP contribution in [0.4, 0.5) is 0 Å². The predicted molar refractivity (Wildman–Crippen MR) is 57.1 cm³/mol. The molecule has 15 heavy (non-hydrogen) atoms. The molecule has 4 nitrogen and oxygen atoms in total. The van der Waals surface area contributed by atoms with Crippen molar-refractivity contribution in [1.29, 1.82) is 0 Å². The van der Waals surface area contributed by atoms with Gasteiger partial charge in [-0.05, 0) is 19.8 Å². The van der Waals surface area contributed by atoms with E-state index in [0.29, 0.717) is 11.6 Å². The van der Waals surface area contributed by atoms with Gasteiger partial charge >= 0.3 is 5.97 Å². The lowest BCUT2D eigenvalue weighted by Crippen LogP contribution is -2.09. The lowest BCUT2D eigenvalue weighted by molar-refractivity contribution is 0.0695. The molecule has 0 aliphatic carbocycles. The van der Waals surface area contributed by atoms with E-state index in [1.807, 2.05) is 0 Å². The third-order valence-electron chi connectivity index (χ3n) is 2.58. The average molecular weight is 208 g/mol. The van der Waals surface area contributed by atoms with Gasteiger partial charge in [0.25, 0.3) is 0 Å². The summed E-state index contributed by atoms with van der Waals surface area (Å²) in [5, 5.41) is 8.83. The molecular formula is C11H16N2O2. The molecule has 0 saturated heterocycles. The highest BCUT2D eigenvalue weighted by Crippen LogP contribution is 2.19. The maximum atomic E-state index is 10.8. The van der Waals surface area contributed by atoms with E-state index in [1.165, 1.54) is 6.20 Å². The van der Waals surface area contributed by atoms with Gasteiger partial charge in [0.1, 0.15) is 5.82 Å². The number of aryl methyl sites for hydroxylation is 1. The molecule has 0 aliphatic heterocycles. The zero-order valence-electron chi connectivity index (χ0n) is 9.32. The second-order valence-corrected chi connectivity index (χ2v) is 3.55. The van der Waals surface area contributed by atoms with Crippen LogP contribution in [-0.4, -0.2) is 21.0 Å². The Hall–Kier alpha value is -1.45. The number of aromatic carboxylic acids is 1. The molecule has 82 valence electrons. The minimum absolute atomic E-state index is 0.185. The van der Waals surface area contributed by atoms with E-state index in [-0.39, 0.29) is 5.56 Å². The van der Waals surface area contributed by atoms with Crippen LogP contribution in [0.5, 0.6) is 0 Å². The molecule has 1 N–H and O–H groups in total. The van der Waals surface area contributed by atoms with Gasteiger partial charge in [-0.2, -0.15) is 0 Å². The third-order valence-corrected chi connectivity index (χ3v) is 2.58. The van der Waals surface area contributed by atoms with E-state index in [0.717, 1.165) is 18.7 Å². The van der Waals surface area contributed by atoms with Crippen LogP contribution in [0.1, 0.15) is 54.5 Å². The molecule has 1 rings (SSSR count). The fraction of sp³-hybridized carbons (Fsp3) is 0.545. The lowest BCUT2D eigenvalue weighted by Gasteiger charge is -2.11. The summed E-state index contributed by atoms with van der Waals surface area (Å²) in [5.74, 6) is 0.109. The Labute approximate surface area is 89.4 Å². The zero-order valence-corrected chi connectivity index (χ0v) is 9.32. The van der Waals surface area contributed by atoms with Crippen LogP contribution in [-0.2, 0) is 0 Å². The van der Waals surface area contributed by atoms with Crippen LogP contribution < -0.4 is 0 Å². The summed E-state index contributed by atoms with van der Waals surface area (Å²) in [6, 6.07) is 0. The Morgan fingerprint density at radius 1 is 1.47 bits per heavy atom. The quantitative estimate of drug-likeness (QED) is 0.825. The van der Waals surface area contributed by atoms with Crippen molar-refractivity contribution in [2.45, 2.75) is 39.5 Å². The number of hydrogen-bond acceptors (Lipinski definition) is 3. The van der Waals surface area contributed by atoms with E-state index in [1.54, 1.807) is 6.92 Å². The van der Waals surface area contributed by atoms with E-state index in [4.69, 9.17) is 5.11 Å². The maximum Gasteiger partial charge on any atom is 0.339 e. The van der Waals surface area contributed by atoms with Crippen LogP contribution in [0.3, 0.4) is 0 Å². The number of carboxylic acid groups (broad SMARTS) is 1. The van der Waals surface area contributed by atoms with Gasteiger partial charge in [0.15, 0.2) is 0 Å². The van der Waals surface area contributed by atoms with E-state index in [2.05, 4.69) is 23.8 Å². The molecule has 0 aliphatic rings. The number of carbonyl (C=O) groups is 1. The second kappa shape index (κ2) is 4.87. The predicted octanol–water partition coefficient (Wildman–Crippen LogP) is 2.39. The fourth-order valence-electron chi connectivity index (χ4n) is 1.55. The molecule has 0 atom stereocenters. The Morgan fingerprint density at radius 3 is 2.47 bits per heavy atom. The monoisotopic (exact) mass is 208 g/mol. The number of carboxylic acids is 1. The summed E-state index contributed by atoms with van der Waals surface area (Å²) >= 11 is 0. The first kappa shape index (κ1) is 11.6. The van der Waals surface area contributed by atoms with Gasteiger partial charge in [0.2, 0.25) is 0 Å². The Bertz CT molecular complexity index is 360. The highest BCUT2D eigenvalue weighted by molar-refractivity contribution is 5.88. The van der Waals surface area contributed by atoms with Gasteiger partial charge < -0.3 is 5.11 Å². The Morgan fingerprint density at radius 2 is 2.07 bits per heavy atom. The molecule has 1 heterocycles. The minimum atomic E-state index is -0.969. The standard InChI is InChI=1S/C11H16N2O2/c1-4-8(5-2)10-12-6-9(11(14)15)7(3)13-10/h6,8H,4-5H2,1-3H3,(H,14,15). The molecule has 0 aromatic carbocycles. The molecule has 1 aromatic heterocycles. The normalized spacial score (nSPS) is 10.7. The van der Waals surface area contributed by atoms with Crippen LogP contribution >= 0.6 is 0 Å². The summed E-state index contributed by atoms with van der Waals surface area (Å²) in [5.41, 5.74) is 0.726. The topological polar surface area (TPSA) is 63.1 Å². The van der Waals surface area contributed by atoms with Gasteiger partial charge in [0, 0.05) is 12.1 Å². The molecule has 0 bridgehead atoms. The molecule has 0 fully saturated rings. The van der Waals surface area contributed by atoms with E-state index >= 15 is 0 Å². The van der Waals surface area contributed by atoms with Gasteiger partial charge in [-0.15, -0.1) is 0 Å². The van der Waals surface area contributed by atoms with Crippen molar-refractivity contribution in [2.24, 2.45) is 0 Å². The second-order valence-electron chi connectivity index (χ2n) is 3.55. The maximum absolute atomic E-state index is 10.8. The Balaban J connectivity index is 3.05. The van der Waals surface area contributed by atoms with Crippen LogP contribution in [0, 0.1) is 6.92 Å². The number of rotatable bonds is 4. The Kier molecular flexibility index (Phi) is 3.77. The molecule has 4 heteroatoms. The molecule has 0 saturated carbocycles. The minimum Gasteiger partial charge on any atom is -0.478 e. The van der Waals surface area contributed by atoms with Gasteiger partial charge in [-0.25, -0.2) is 14.8 Å². The third kappa shape index (κ3) is 2.52. The summed E-state index contributed by atoms with van der Waals surface area (Å²) in [4.78, 5) is 19.1. The average Bonchev–Trinajstić information content (AvgIpc) is 2.19. The molecule has 0 spiro atoms. The molecular weight excluding hydrogens is 192 g/mol. The molecule has 0 unspecified atom stereocenters. The number of nitrogens with zero attached hydrogens (tertiary/aromatic N) is 2. The van der Waals surface area contributed by atoms with E-state index in [9.17, 15) is 4.79 Å². The number of aromatic nitrogens is 2. The highest BCUT2D eigenvalue weighted by Gasteiger charge is 2.14.